The Labute approximate surface area is 116 Å². The Balaban J connectivity index is 2.63. The van der Waals surface area contributed by atoms with Gasteiger partial charge in [-0.25, -0.2) is 14.4 Å². The molecule has 0 saturated heterocycles. The fraction of sp³-hybridized carbons (Fsp3) is 0.286. The normalized spacial score (nSPS) is 10.2. The number of rotatable bonds is 5. The molecule has 0 bridgehead atoms. The third-order valence-corrected chi connectivity index (χ3v) is 2.77. The summed E-state index contributed by atoms with van der Waals surface area (Å²) in [4.78, 5) is 8.31. The van der Waals surface area contributed by atoms with Gasteiger partial charge in [0.15, 0.2) is 11.6 Å². The molecule has 5 nitrogen and oxygen atoms in total. The molecular formula is C14H16FN3O2. The Morgan fingerprint density at radius 2 is 2.00 bits per heavy atom. The zero-order valence-corrected chi connectivity index (χ0v) is 11.6. The number of nitrogens with one attached hydrogen (secondary N) is 1. The lowest BCUT2D eigenvalue weighted by molar-refractivity contribution is 0.408. The first-order valence-corrected chi connectivity index (χ1v) is 6.18. The highest BCUT2D eigenvalue weighted by atomic mass is 19.1. The fourth-order valence-corrected chi connectivity index (χ4v) is 1.92. The van der Waals surface area contributed by atoms with Crippen LogP contribution >= 0.6 is 0 Å². The summed E-state index contributed by atoms with van der Waals surface area (Å²) in [5, 5.41) is 3.08. The van der Waals surface area contributed by atoms with E-state index < -0.39 is 0 Å². The Bertz CT molecular complexity index is 605. The minimum Gasteiger partial charge on any atom is -0.496 e. The summed E-state index contributed by atoms with van der Waals surface area (Å²) < 4.78 is 24.1. The van der Waals surface area contributed by atoms with Gasteiger partial charge in [0.25, 0.3) is 0 Å². The number of hydrogen-bond donors (Lipinski definition) is 1. The van der Waals surface area contributed by atoms with Gasteiger partial charge in [0, 0.05) is 12.1 Å². The van der Waals surface area contributed by atoms with Gasteiger partial charge in [-0.15, -0.1) is 0 Å². The van der Waals surface area contributed by atoms with Gasteiger partial charge in [0.2, 0.25) is 0 Å². The van der Waals surface area contributed by atoms with E-state index in [1.165, 1.54) is 32.7 Å². The van der Waals surface area contributed by atoms with Gasteiger partial charge in [-0.05, 0) is 25.1 Å². The summed E-state index contributed by atoms with van der Waals surface area (Å²) in [6.45, 7) is 2.64. The van der Waals surface area contributed by atoms with Crippen molar-refractivity contribution in [3.63, 3.8) is 0 Å². The molecule has 0 atom stereocenters. The van der Waals surface area contributed by atoms with E-state index in [1.807, 2.05) is 6.92 Å². The molecular weight excluding hydrogens is 261 g/mol. The molecule has 0 aliphatic heterocycles. The Morgan fingerprint density at radius 1 is 1.20 bits per heavy atom. The molecule has 0 unspecified atom stereocenters. The van der Waals surface area contributed by atoms with Crippen LogP contribution < -0.4 is 14.8 Å². The number of benzene rings is 1. The van der Waals surface area contributed by atoms with Crippen molar-refractivity contribution in [1.82, 2.24) is 9.97 Å². The second-order valence-corrected chi connectivity index (χ2v) is 3.98. The van der Waals surface area contributed by atoms with Crippen LogP contribution in [-0.4, -0.2) is 30.7 Å². The monoisotopic (exact) mass is 277 g/mol. The molecule has 0 aliphatic carbocycles. The van der Waals surface area contributed by atoms with E-state index in [2.05, 4.69) is 15.3 Å². The highest BCUT2D eigenvalue weighted by Crippen LogP contribution is 2.38. The van der Waals surface area contributed by atoms with Gasteiger partial charge in [0.05, 0.1) is 14.2 Å². The Kier molecular flexibility index (Phi) is 4.34. The molecule has 1 heterocycles. The molecule has 1 N–H and O–H groups in total. The molecule has 0 aliphatic rings. The van der Waals surface area contributed by atoms with E-state index >= 15 is 0 Å². The number of hydrogen-bond acceptors (Lipinski definition) is 5. The highest BCUT2D eigenvalue weighted by molar-refractivity contribution is 5.76. The molecule has 2 rings (SSSR count). The first-order valence-electron chi connectivity index (χ1n) is 6.18. The SMILES string of the molecule is CCNc1ncnc(-c2cc(F)ccc2OC)c1OC. The molecule has 1 aromatic carbocycles. The van der Waals surface area contributed by atoms with E-state index in [1.54, 1.807) is 6.07 Å². The summed E-state index contributed by atoms with van der Waals surface area (Å²) in [6.07, 6.45) is 1.40. The standard InChI is InChI=1S/C14H16FN3O2/c1-4-16-14-13(20-3)12(17-8-18-14)10-7-9(15)5-6-11(10)19-2/h5-8H,4H2,1-3H3,(H,16,17,18). The first kappa shape index (κ1) is 14.0. The fourth-order valence-electron chi connectivity index (χ4n) is 1.92. The minimum atomic E-state index is -0.369. The second kappa shape index (κ2) is 6.18. The maximum atomic E-state index is 13.5. The second-order valence-electron chi connectivity index (χ2n) is 3.98. The first-order chi connectivity index (χ1) is 9.71. The number of halogens is 1. The quantitative estimate of drug-likeness (QED) is 0.910. The van der Waals surface area contributed by atoms with Crippen molar-refractivity contribution >= 4 is 5.82 Å². The summed E-state index contributed by atoms with van der Waals surface area (Å²) >= 11 is 0. The maximum Gasteiger partial charge on any atom is 0.187 e. The van der Waals surface area contributed by atoms with Gasteiger partial charge < -0.3 is 14.8 Å². The van der Waals surface area contributed by atoms with Crippen LogP contribution in [0.2, 0.25) is 0 Å². The van der Waals surface area contributed by atoms with Gasteiger partial charge in [0.1, 0.15) is 23.6 Å². The van der Waals surface area contributed by atoms with Crippen LogP contribution in [0.25, 0.3) is 11.3 Å². The van der Waals surface area contributed by atoms with Crippen molar-refractivity contribution in [3.8, 4) is 22.8 Å². The maximum absolute atomic E-state index is 13.5. The van der Waals surface area contributed by atoms with Crippen LogP contribution in [0.1, 0.15) is 6.92 Å². The summed E-state index contributed by atoms with van der Waals surface area (Å²) in [7, 11) is 3.05. The van der Waals surface area contributed by atoms with E-state index in [-0.39, 0.29) is 5.82 Å². The molecule has 0 fully saturated rings. The van der Waals surface area contributed by atoms with Crippen molar-refractivity contribution in [2.75, 3.05) is 26.1 Å². The largest absolute Gasteiger partial charge is 0.496 e. The van der Waals surface area contributed by atoms with Gasteiger partial charge in [-0.3, -0.25) is 0 Å². The van der Waals surface area contributed by atoms with E-state index in [0.717, 1.165) is 0 Å². The predicted octanol–water partition coefficient (Wildman–Crippen LogP) is 2.73. The summed E-state index contributed by atoms with van der Waals surface area (Å²) in [5.41, 5.74) is 1.00. The number of ether oxygens (including phenoxy) is 2. The molecule has 20 heavy (non-hydrogen) atoms. The molecule has 0 spiro atoms. The number of methoxy groups -OCH3 is 2. The topological polar surface area (TPSA) is 56.3 Å². The average molecular weight is 277 g/mol. The van der Waals surface area contributed by atoms with Crippen molar-refractivity contribution in [2.24, 2.45) is 0 Å². The molecule has 0 radical (unpaired) electrons. The van der Waals surface area contributed by atoms with Crippen LogP contribution in [-0.2, 0) is 0 Å². The zero-order valence-electron chi connectivity index (χ0n) is 11.6. The lowest BCUT2D eigenvalue weighted by Gasteiger charge is -2.14. The summed E-state index contributed by atoms with van der Waals surface area (Å²) in [5.74, 6) is 1.17. The molecule has 1 aromatic heterocycles. The van der Waals surface area contributed by atoms with E-state index in [0.29, 0.717) is 35.1 Å². The zero-order chi connectivity index (χ0) is 14.5. The van der Waals surface area contributed by atoms with Crippen molar-refractivity contribution < 1.29 is 13.9 Å². The van der Waals surface area contributed by atoms with Crippen LogP contribution in [0.15, 0.2) is 24.5 Å². The van der Waals surface area contributed by atoms with Gasteiger partial charge >= 0.3 is 0 Å². The van der Waals surface area contributed by atoms with Crippen LogP contribution in [0, 0.1) is 5.82 Å². The average Bonchev–Trinajstić information content (AvgIpc) is 2.47. The summed E-state index contributed by atoms with van der Waals surface area (Å²) in [6, 6.07) is 4.25. The molecule has 106 valence electrons. The van der Waals surface area contributed by atoms with Crippen LogP contribution in [0.4, 0.5) is 10.2 Å². The smallest absolute Gasteiger partial charge is 0.187 e. The van der Waals surface area contributed by atoms with Crippen molar-refractivity contribution in [1.29, 1.82) is 0 Å². The Hall–Kier alpha value is -2.37. The molecule has 0 saturated carbocycles. The minimum absolute atomic E-state index is 0.369. The lowest BCUT2D eigenvalue weighted by atomic mass is 10.1. The third kappa shape index (κ3) is 2.64. The van der Waals surface area contributed by atoms with Gasteiger partial charge in [-0.2, -0.15) is 0 Å². The Morgan fingerprint density at radius 3 is 2.65 bits per heavy atom. The predicted molar refractivity (Wildman–Crippen MR) is 74.7 cm³/mol. The molecule has 6 heteroatoms. The van der Waals surface area contributed by atoms with E-state index in [4.69, 9.17) is 9.47 Å². The number of nitrogens with zero attached hydrogens (tertiary/aromatic N) is 2. The van der Waals surface area contributed by atoms with Crippen molar-refractivity contribution in [3.05, 3.63) is 30.3 Å². The van der Waals surface area contributed by atoms with Crippen LogP contribution in [0.5, 0.6) is 11.5 Å². The number of aromatic nitrogens is 2. The van der Waals surface area contributed by atoms with E-state index in [9.17, 15) is 4.39 Å². The highest BCUT2D eigenvalue weighted by Gasteiger charge is 2.17. The lowest BCUT2D eigenvalue weighted by Crippen LogP contribution is -2.04. The van der Waals surface area contributed by atoms with Crippen molar-refractivity contribution in [2.45, 2.75) is 6.92 Å². The molecule has 2 aromatic rings. The van der Waals surface area contributed by atoms with Gasteiger partial charge in [-0.1, -0.05) is 0 Å². The third-order valence-electron chi connectivity index (χ3n) is 2.77. The molecule has 0 amide bonds. The number of anilines is 1. The van der Waals surface area contributed by atoms with Crippen LogP contribution in [0.3, 0.4) is 0 Å².